The molecule has 0 atom stereocenters. The van der Waals surface area contributed by atoms with Crippen LogP contribution in [0.3, 0.4) is 0 Å². The van der Waals surface area contributed by atoms with E-state index >= 15 is 0 Å². The first-order valence-electron chi connectivity index (χ1n) is 7.99. The minimum absolute atomic E-state index is 0.141. The van der Waals surface area contributed by atoms with Crippen molar-refractivity contribution in [2.45, 2.75) is 13.8 Å². The molecule has 0 aliphatic carbocycles. The van der Waals surface area contributed by atoms with Crippen molar-refractivity contribution in [2.24, 2.45) is 0 Å². The van der Waals surface area contributed by atoms with Crippen LogP contribution < -0.4 is 15.4 Å². The molecule has 0 spiro atoms. The number of carbonyl (C=O) groups is 2. The molecular weight excluding hydrogens is 352 g/mol. The normalized spacial score (nSPS) is 9.96. The minimum atomic E-state index is -0.388. The highest BCUT2D eigenvalue weighted by molar-refractivity contribution is 7.80. The summed E-state index contributed by atoms with van der Waals surface area (Å²) < 4.78 is 10.2. The Morgan fingerprint density at radius 3 is 2.42 bits per heavy atom. The molecule has 0 heterocycles. The van der Waals surface area contributed by atoms with Gasteiger partial charge in [-0.1, -0.05) is 12.1 Å². The van der Waals surface area contributed by atoms with Crippen LogP contribution in [0.1, 0.15) is 33.2 Å². The van der Waals surface area contributed by atoms with Crippen LogP contribution in [-0.2, 0) is 4.74 Å². The molecule has 136 valence electrons. The number of benzene rings is 2. The summed E-state index contributed by atoms with van der Waals surface area (Å²) in [6, 6.07) is 11.9. The highest BCUT2D eigenvalue weighted by atomic mass is 32.1. The lowest BCUT2D eigenvalue weighted by molar-refractivity contribution is 0.0526. The molecular formula is C19H20N2O4S. The average molecular weight is 372 g/mol. The second kappa shape index (κ2) is 8.96. The fourth-order valence-electron chi connectivity index (χ4n) is 2.34. The third-order valence-corrected chi connectivity index (χ3v) is 3.75. The van der Waals surface area contributed by atoms with Gasteiger partial charge < -0.3 is 14.8 Å². The Labute approximate surface area is 157 Å². The number of amides is 1. The number of carbonyl (C=O) groups excluding carboxylic acids is 2. The number of hydrogen-bond acceptors (Lipinski definition) is 5. The molecule has 0 unspecified atom stereocenters. The summed E-state index contributed by atoms with van der Waals surface area (Å²) in [5, 5.41) is 5.65. The van der Waals surface area contributed by atoms with E-state index in [0.717, 1.165) is 5.56 Å². The standard InChI is InChI=1S/C19H20N2O4S/c1-4-25-18(23)13-8-10-14(11-9-13)20-19(26)21-17(22)15-7-5-6-12(2)16(15)24-3/h5-11H,4H2,1-3H3,(H2,20,21,22,26). The minimum Gasteiger partial charge on any atom is -0.496 e. The molecule has 2 rings (SSSR count). The highest BCUT2D eigenvalue weighted by Gasteiger charge is 2.15. The summed E-state index contributed by atoms with van der Waals surface area (Å²) in [5.74, 6) is -0.251. The molecule has 2 aromatic carbocycles. The van der Waals surface area contributed by atoms with Crippen LogP contribution in [-0.4, -0.2) is 30.7 Å². The van der Waals surface area contributed by atoms with Crippen molar-refractivity contribution >= 4 is 34.9 Å². The van der Waals surface area contributed by atoms with Crippen molar-refractivity contribution in [3.63, 3.8) is 0 Å². The Balaban J connectivity index is 2.01. The van der Waals surface area contributed by atoms with Gasteiger partial charge >= 0.3 is 5.97 Å². The zero-order valence-corrected chi connectivity index (χ0v) is 15.6. The molecule has 2 aromatic rings. The van der Waals surface area contributed by atoms with Crippen molar-refractivity contribution < 1.29 is 19.1 Å². The number of rotatable bonds is 5. The maximum absolute atomic E-state index is 12.4. The molecule has 1 amide bonds. The third kappa shape index (κ3) is 4.80. The van der Waals surface area contributed by atoms with E-state index in [4.69, 9.17) is 21.7 Å². The summed E-state index contributed by atoms with van der Waals surface area (Å²) in [6.07, 6.45) is 0. The molecule has 0 aliphatic heterocycles. The molecule has 7 heteroatoms. The zero-order chi connectivity index (χ0) is 19.1. The van der Waals surface area contributed by atoms with Gasteiger partial charge in [-0.15, -0.1) is 0 Å². The Hall–Kier alpha value is -2.93. The van der Waals surface area contributed by atoms with Crippen LogP contribution in [0.2, 0.25) is 0 Å². The number of anilines is 1. The second-order valence-electron chi connectivity index (χ2n) is 5.36. The lowest BCUT2D eigenvalue weighted by Crippen LogP contribution is -2.34. The summed E-state index contributed by atoms with van der Waals surface area (Å²) in [6.45, 7) is 3.92. The van der Waals surface area contributed by atoms with Gasteiger partial charge in [-0.2, -0.15) is 0 Å². The maximum atomic E-state index is 12.4. The lowest BCUT2D eigenvalue weighted by atomic mass is 10.1. The van der Waals surface area contributed by atoms with E-state index in [1.165, 1.54) is 7.11 Å². The van der Waals surface area contributed by atoms with Crippen molar-refractivity contribution in [1.82, 2.24) is 5.32 Å². The Morgan fingerprint density at radius 1 is 1.12 bits per heavy atom. The highest BCUT2D eigenvalue weighted by Crippen LogP contribution is 2.22. The van der Waals surface area contributed by atoms with Crippen LogP contribution in [0.4, 0.5) is 5.69 Å². The monoisotopic (exact) mass is 372 g/mol. The predicted octanol–water partition coefficient (Wildman–Crippen LogP) is 3.31. The number of esters is 1. The van der Waals surface area contributed by atoms with Gasteiger partial charge in [-0.25, -0.2) is 4.79 Å². The van der Waals surface area contributed by atoms with E-state index in [2.05, 4.69) is 10.6 Å². The van der Waals surface area contributed by atoms with Crippen molar-refractivity contribution in [3.8, 4) is 5.75 Å². The topological polar surface area (TPSA) is 76.7 Å². The van der Waals surface area contributed by atoms with Gasteiger partial charge in [0.2, 0.25) is 0 Å². The van der Waals surface area contributed by atoms with E-state index in [-0.39, 0.29) is 17.0 Å². The molecule has 2 N–H and O–H groups in total. The zero-order valence-electron chi connectivity index (χ0n) is 14.8. The van der Waals surface area contributed by atoms with Gasteiger partial charge in [0.25, 0.3) is 5.91 Å². The third-order valence-electron chi connectivity index (χ3n) is 3.54. The van der Waals surface area contributed by atoms with Gasteiger partial charge in [-0.3, -0.25) is 10.1 Å². The Bertz CT molecular complexity index is 819. The lowest BCUT2D eigenvalue weighted by Gasteiger charge is -2.13. The van der Waals surface area contributed by atoms with E-state index in [1.807, 2.05) is 13.0 Å². The van der Waals surface area contributed by atoms with Gasteiger partial charge in [0, 0.05) is 5.69 Å². The van der Waals surface area contributed by atoms with Crippen LogP contribution in [0.25, 0.3) is 0 Å². The van der Waals surface area contributed by atoms with Crippen molar-refractivity contribution in [2.75, 3.05) is 19.0 Å². The predicted molar refractivity (Wildman–Crippen MR) is 104 cm³/mol. The first-order valence-corrected chi connectivity index (χ1v) is 8.40. The van der Waals surface area contributed by atoms with Crippen molar-refractivity contribution in [1.29, 1.82) is 0 Å². The van der Waals surface area contributed by atoms with Crippen LogP contribution in [0.5, 0.6) is 5.75 Å². The molecule has 0 radical (unpaired) electrons. The molecule has 0 bridgehead atoms. The summed E-state index contributed by atoms with van der Waals surface area (Å²) in [7, 11) is 1.51. The van der Waals surface area contributed by atoms with Crippen LogP contribution >= 0.6 is 12.2 Å². The number of aryl methyl sites for hydroxylation is 1. The Kier molecular flexibility index (Phi) is 6.68. The van der Waals surface area contributed by atoms with E-state index < -0.39 is 0 Å². The van der Waals surface area contributed by atoms with Gasteiger partial charge in [0.05, 0.1) is 24.8 Å². The first-order chi connectivity index (χ1) is 12.5. The Morgan fingerprint density at radius 2 is 1.81 bits per heavy atom. The van der Waals surface area contributed by atoms with E-state index in [1.54, 1.807) is 43.3 Å². The fourth-order valence-corrected chi connectivity index (χ4v) is 2.55. The van der Waals surface area contributed by atoms with Gasteiger partial charge in [-0.05, 0) is 62.0 Å². The summed E-state index contributed by atoms with van der Waals surface area (Å²) in [5.41, 5.74) is 2.33. The molecule has 6 nitrogen and oxygen atoms in total. The molecule has 0 aromatic heterocycles. The SMILES string of the molecule is CCOC(=O)c1ccc(NC(=S)NC(=O)c2cccc(C)c2OC)cc1. The van der Waals surface area contributed by atoms with Crippen LogP contribution in [0, 0.1) is 6.92 Å². The number of hydrogen-bond donors (Lipinski definition) is 2. The number of para-hydroxylation sites is 1. The number of ether oxygens (including phenoxy) is 2. The largest absolute Gasteiger partial charge is 0.496 e. The molecule has 0 aliphatic rings. The van der Waals surface area contributed by atoms with Gasteiger partial charge in [0.1, 0.15) is 5.75 Å². The summed E-state index contributed by atoms with van der Waals surface area (Å²) >= 11 is 5.18. The molecule has 0 saturated carbocycles. The van der Waals surface area contributed by atoms with Gasteiger partial charge in [0.15, 0.2) is 5.11 Å². The fraction of sp³-hybridized carbons (Fsp3) is 0.211. The second-order valence-corrected chi connectivity index (χ2v) is 5.77. The van der Waals surface area contributed by atoms with E-state index in [9.17, 15) is 9.59 Å². The smallest absolute Gasteiger partial charge is 0.338 e. The van der Waals surface area contributed by atoms with Crippen LogP contribution in [0.15, 0.2) is 42.5 Å². The van der Waals surface area contributed by atoms with Crippen molar-refractivity contribution in [3.05, 3.63) is 59.2 Å². The van der Waals surface area contributed by atoms with E-state index in [0.29, 0.717) is 29.2 Å². The first kappa shape index (κ1) is 19.4. The average Bonchev–Trinajstić information content (AvgIpc) is 2.62. The molecule has 0 saturated heterocycles. The summed E-state index contributed by atoms with van der Waals surface area (Å²) in [4.78, 5) is 24.0. The number of nitrogens with one attached hydrogen (secondary N) is 2. The number of thiocarbonyl (C=S) groups is 1. The maximum Gasteiger partial charge on any atom is 0.338 e. The molecule has 26 heavy (non-hydrogen) atoms. The molecule has 0 fully saturated rings. The number of methoxy groups -OCH3 is 1. The quantitative estimate of drug-likeness (QED) is 0.619.